The fourth-order valence-electron chi connectivity index (χ4n) is 2.44. The summed E-state index contributed by atoms with van der Waals surface area (Å²) in [5.74, 6) is -1.16. The van der Waals surface area contributed by atoms with Crippen molar-refractivity contribution in [2.24, 2.45) is 0 Å². The van der Waals surface area contributed by atoms with Crippen LogP contribution in [-0.2, 0) is 28.5 Å². The third-order valence-electron chi connectivity index (χ3n) is 3.12. The van der Waals surface area contributed by atoms with Gasteiger partial charge >= 0.3 is 5.97 Å². The molecule has 120 valence electrons. The first kappa shape index (κ1) is 16.4. The van der Waals surface area contributed by atoms with Gasteiger partial charge in [-0.25, -0.2) is 4.79 Å². The molecule has 21 heavy (non-hydrogen) atoms. The fraction of sp³-hybridized carbons (Fsp3) is 0.800. The zero-order valence-corrected chi connectivity index (χ0v) is 13.5. The first-order valence-corrected chi connectivity index (χ1v) is 7.05. The van der Waals surface area contributed by atoms with Crippen LogP contribution < -0.4 is 0 Å². The molecule has 0 saturated carbocycles. The van der Waals surface area contributed by atoms with Gasteiger partial charge in [-0.1, -0.05) is 0 Å². The summed E-state index contributed by atoms with van der Waals surface area (Å²) < 4.78 is 27.8. The van der Waals surface area contributed by atoms with Crippen LogP contribution >= 0.6 is 0 Å². The van der Waals surface area contributed by atoms with Gasteiger partial charge in [-0.3, -0.25) is 0 Å². The lowest BCUT2D eigenvalue weighted by Crippen LogP contribution is -2.45. The molecule has 6 heteroatoms. The molecule has 0 N–H and O–H groups in total. The van der Waals surface area contributed by atoms with E-state index in [1.807, 2.05) is 34.6 Å². The van der Waals surface area contributed by atoms with Crippen LogP contribution in [0.3, 0.4) is 0 Å². The molecule has 2 aliphatic rings. The van der Waals surface area contributed by atoms with E-state index in [-0.39, 0.29) is 12.7 Å². The number of rotatable bonds is 2. The normalized spacial score (nSPS) is 33.8. The van der Waals surface area contributed by atoms with E-state index in [4.69, 9.17) is 23.7 Å². The molecule has 2 fully saturated rings. The molecule has 0 aromatic rings. The SMILES string of the molecule is CO[C@H]1OCC(=CC(=O)OC(C)(C)C)[C@@H]2OC(C)(C)O[C@H]12. The Balaban J connectivity index is 2.16. The summed E-state index contributed by atoms with van der Waals surface area (Å²) in [4.78, 5) is 11.9. The zero-order valence-electron chi connectivity index (χ0n) is 13.5. The standard InChI is InChI=1S/C15H24O6/c1-14(2,3)19-10(16)7-9-8-18-13(17-6)12-11(9)20-15(4,5)21-12/h7,11-13H,8H2,1-6H3/t11-,12-,13-/m0/s1. The van der Waals surface area contributed by atoms with Crippen LogP contribution in [0.1, 0.15) is 34.6 Å². The Labute approximate surface area is 125 Å². The molecule has 0 radical (unpaired) electrons. The summed E-state index contributed by atoms with van der Waals surface area (Å²) in [5, 5.41) is 0. The fourth-order valence-corrected chi connectivity index (χ4v) is 2.44. The highest BCUT2D eigenvalue weighted by atomic mass is 16.8. The van der Waals surface area contributed by atoms with Crippen LogP contribution in [0.4, 0.5) is 0 Å². The number of fused-ring (bicyclic) bond motifs is 1. The van der Waals surface area contributed by atoms with Crippen molar-refractivity contribution in [3.63, 3.8) is 0 Å². The largest absolute Gasteiger partial charge is 0.457 e. The van der Waals surface area contributed by atoms with E-state index in [1.54, 1.807) is 7.11 Å². The Morgan fingerprint density at radius 1 is 1.33 bits per heavy atom. The quantitative estimate of drug-likeness (QED) is 0.572. The molecular formula is C15H24O6. The minimum absolute atomic E-state index is 0.248. The predicted octanol–water partition coefficient (Wildman–Crippen LogP) is 1.78. The Kier molecular flexibility index (Phi) is 4.44. The molecule has 0 aliphatic carbocycles. The Morgan fingerprint density at radius 3 is 2.57 bits per heavy atom. The van der Waals surface area contributed by atoms with Crippen LogP contribution in [0.5, 0.6) is 0 Å². The number of carbonyl (C=O) groups is 1. The van der Waals surface area contributed by atoms with Crippen LogP contribution in [0.2, 0.25) is 0 Å². The molecule has 0 aromatic heterocycles. The molecule has 2 aliphatic heterocycles. The first-order valence-electron chi connectivity index (χ1n) is 7.05. The highest BCUT2D eigenvalue weighted by Gasteiger charge is 2.50. The van der Waals surface area contributed by atoms with Crippen molar-refractivity contribution in [2.75, 3.05) is 13.7 Å². The smallest absolute Gasteiger partial charge is 0.331 e. The number of carbonyl (C=O) groups excluding carboxylic acids is 1. The lowest BCUT2D eigenvalue weighted by molar-refractivity contribution is -0.212. The molecule has 2 heterocycles. The molecule has 0 spiro atoms. The van der Waals surface area contributed by atoms with Gasteiger partial charge in [0, 0.05) is 13.2 Å². The lowest BCUT2D eigenvalue weighted by atomic mass is 10.0. The van der Waals surface area contributed by atoms with Crippen molar-refractivity contribution in [1.82, 2.24) is 0 Å². The molecule has 0 amide bonds. The zero-order chi connectivity index (χ0) is 15.8. The monoisotopic (exact) mass is 300 g/mol. The summed E-state index contributed by atoms with van der Waals surface area (Å²) in [6.45, 7) is 9.36. The van der Waals surface area contributed by atoms with Gasteiger partial charge in [0.15, 0.2) is 12.1 Å². The van der Waals surface area contributed by atoms with Crippen LogP contribution in [-0.4, -0.2) is 49.6 Å². The van der Waals surface area contributed by atoms with Gasteiger partial charge in [-0.2, -0.15) is 0 Å². The molecule has 2 saturated heterocycles. The van der Waals surface area contributed by atoms with Gasteiger partial charge in [-0.05, 0) is 40.2 Å². The van der Waals surface area contributed by atoms with Crippen LogP contribution in [0.15, 0.2) is 11.6 Å². The number of methoxy groups -OCH3 is 1. The third-order valence-corrected chi connectivity index (χ3v) is 3.12. The van der Waals surface area contributed by atoms with Crippen molar-refractivity contribution < 1.29 is 28.5 Å². The number of hydrogen-bond donors (Lipinski definition) is 0. The number of ether oxygens (including phenoxy) is 5. The van der Waals surface area contributed by atoms with Crippen molar-refractivity contribution in [3.05, 3.63) is 11.6 Å². The topological polar surface area (TPSA) is 63.2 Å². The summed E-state index contributed by atoms with van der Waals surface area (Å²) in [6.07, 6.45) is 0.158. The Morgan fingerprint density at radius 2 is 2.00 bits per heavy atom. The Hall–Kier alpha value is -0.950. The third kappa shape index (κ3) is 4.03. The Bertz CT molecular complexity index is 434. The molecule has 0 bridgehead atoms. The van der Waals surface area contributed by atoms with Crippen LogP contribution in [0.25, 0.3) is 0 Å². The van der Waals surface area contributed by atoms with Crippen molar-refractivity contribution in [1.29, 1.82) is 0 Å². The molecular weight excluding hydrogens is 276 g/mol. The van der Waals surface area contributed by atoms with Crippen molar-refractivity contribution >= 4 is 5.97 Å². The average molecular weight is 300 g/mol. The van der Waals surface area contributed by atoms with Gasteiger partial charge in [0.05, 0.1) is 6.61 Å². The maximum absolute atomic E-state index is 11.9. The maximum atomic E-state index is 11.9. The van der Waals surface area contributed by atoms with Gasteiger partial charge in [-0.15, -0.1) is 0 Å². The minimum Gasteiger partial charge on any atom is -0.457 e. The second kappa shape index (κ2) is 5.68. The van der Waals surface area contributed by atoms with Gasteiger partial charge in [0.1, 0.15) is 17.8 Å². The van der Waals surface area contributed by atoms with Gasteiger partial charge < -0.3 is 23.7 Å². The molecule has 3 atom stereocenters. The van der Waals surface area contributed by atoms with Gasteiger partial charge in [0.25, 0.3) is 0 Å². The number of esters is 1. The minimum atomic E-state index is -0.743. The lowest BCUT2D eigenvalue weighted by Gasteiger charge is -2.32. The van der Waals surface area contributed by atoms with E-state index in [2.05, 4.69) is 0 Å². The van der Waals surface area contributed by atoms with Crippen LogP contribution in [0, 0.1) is 0 Å². The summed E-state index contributed by atoms with van der Waals surface area (Å²) in [7, 11) is 1.55. The molecule has 2 rings (SSSR count). The van der Waals surface area contributed by atoms with E-state index < -0.39 is 29.8 Å². The first-order chi connectivity index (χ1) is 9.61. The van der Waals surface area contributed by atoms with E-state index in [0.717, 1.165) is 0 Å². The highest BCUT2D eigenvalue weighted by molar-refractivity contribution is 5.83. The second-order valence-corrected chi connectivity index (χ2v) is 6.69. The molecule has 6 nitrogen and oxygen atoms in total. The molecule has 0 unspecified atom stereocenters. The van der Waals surface area contributed by atoms with E-state index in [0.29, 0.717) is 5.57 Å². The predicted molar refractivity (Wildman–Crippen MR) is 74.5 cm³/mol. The summed E-state index contributed by atoms with van der Waals surface area (Å²) in [5.41, 5.74) is 0.165. The van der Waals surface area contributed by atoms with Gasteiger partial charge in [0.2, 0.25) is 0 Å². The number of hydrogen-bond acceptors (Lipinski definition) is 6. The van der Waals surface area contributed by atoms with E-state index in [9.17, 15) is 4.79 Å². The van der Waals surface area contributed by atoms with Crippen molar-refractivity contribution in [3.8, 4) is 0 Å². The highest BCUT2D eigenvalue weighted by Crippen LogP contribution is 2.37. The van der Waals surface area contributed by atoms with E-state index in [1.165, 1.54) is 6.08 Å². The summed E-state index contributed by atoms with van der Waals surface area (Å²) >= 11 is 0. The maximum Gasteiger partial charge on any atom is 0.331 e. The second-order valence-electron chi connectivity index (χ2n) is 6.69. The van der Waals surface area contributed by atoms with E-state index >= 15 is 0 Å². The average Bonchev–Trinajstić information content (AvgIpc) is 2.62. The summed E-state index contributed by atoms with van der Waals surface area (Å²) in [6, 6.07) is 0. The molecule has 0 aromatic carbocycles. The van der Waals surface area contributed by atoms with Crippen molar-refractivity contribution in [2.45, 2.75) is 64.5 Å².